The zero-order valence-corrected chi connectivity index (χ0v) is 13.0. The lowest BCUT2D eigenvalue weighted by atomic mass is 10.1. The molecule has 1 nitrogen and oxygen atoms in total. The molecule has 2 rings (SSSR count). The van der Waals surface area contributed by atoms with E-state index in [2.05, 4.69) is 62.4 Å². The van der Waals surface area contributed by atoms with Crippen LogP contribution in [-0.2, 0) is 12.8 Å². The number of aliphatic hydroxyl groups is 1. The third-order valence-electron chi connectivity index (χ3n) is 3.33. The zero-order valence-electron chi connectivity index (χ0n) is 12.2. The molecule has 0 amide bonds. The number of aryl methyl sites for hydroxylation is 2. The van der Waals surface area contributed by atoms with Crippen LogP contribution in [0, 0.1) is 6.92 Å². The van der Waals surface area contributed by atoms with Gasteiger partial charge in [-0.05, 0) is 43.0 Å². The summed E-state index contributed by atoms with van der Waals surface area (Å²) in [5.74, 6) is 0.735. The summed E-state index contributed by atoms with van der Waals surface area (Å²) in [6.45, 7) is 4.25. The zero-order chi connectivity index (χ0) is 14.4. The van der Waals surface area contributed by atoms with Crippen LogP contribution in [0.3, 0.4) is 0 Å². The van der Waals surface area contributed by atoms with Crippen molar-refractivity contribution in [2.45, 2.75) is 37.7 Å². The molecule has 0 aromatic heterocycles. The Kier molecular flexibility index (Phi) is 5.69. The van der Waals surface area contributed by atoms with Gasteiger partial charge in [0.1, 0.15) is 0 Å². The van der Waals surface area contributed by atoms with Gasteiger partial charge in [-0.2, -0.15) is 0 Å². The van der Waals surface area contributed by atoms with Crippen LogP contribution in [0.2, 0.25) is 0 Å². The molecule has 0 fully saturated rings. The van der Waals surface area contributed by atoms with Gasteiger partial charge in [0, 0.05) is 10.6 Å². The number of aliphatic hydroxyl groups excluding tert-OH is 1. The molecule has 0 bridgehead atoms. The van der Waals surface area contributed by atoms with Gasteiger partial charge in [0.15, 0.2) is 0 Å². The first-order chi connectivity index (χ1) is 9.67. The predicted octanol–water partition coefficient (Wildman–Crippen LogP) is 4.25. The highest BCUT2D eigenvalue weighted by molar-refractivity contribution is 7.99. The van der Waals surface area contributed by atoms with Crippen LogP contribution in [0.15, 0.2) is 53.4 Å². The van der Waals surface area contributed by atoms with Gasteiger partial charge in [-0.25, -0.2) is 0 Å². The van der Waals surface area contributed by atoms with E-state index >= 15 is 0 Å². The minimum absolute atomic E-state index is 0.298. The van der Waals surface area contributed by atoms with Crippen molar-refractivity contribution in [1.82, 2.24) is 0 Å². The molecule has 2 aromatic carbocycles. The number of thioether (sulfide) groups is 1. The van der Waals surface area contributed by atoms with Gasteiger partial charge in [-0.15, -0.1) is 11.8 Å². The van der Waals surface area contributed by atoms with Gasteiger partial charge in [0.25, 0.3) is 0 Å². The van der Waals surface area contributed by atoms with Crippen molar-refractivity contribution >= 4 is 11.8 Å². The lowest BCUT2D eigenvalue weighted by Crippen LogP contribution is -2.13. The number of rotatable bonds is 6. The Morgan fingerprint density at radius 1 is 1.05 bits per heavy atom. The lowest BCUT2D eigenvalue weighted by Gasteiger charge is -2.11. The molecule has 0 aliphatic rings. The van der Waals surface area contributed by atoms with Crippen molar-refractivity contribution in [3.8, 4) is 0 Å². The van der Waals surface area contributed by atoms with Crippen molar-refractivity contribution in [2.24, 2.45) is 0 Å². The van der Waals surface area contributed by atoms with Gasteiger partial charge < -0.3 is 5.11 Å². The standard InChI is InChI=1S/C18H22OS/c1-3-15-7-9-16(10-8-15)12-17(19)13-20-18-6-4-5-14(2)11-18/h4-11,17,19H,3,12-13H2,1-2H3. The van der Waals surface area contributed by atoms with E-state index in [1.165, 1.54) is 21.6 Å². The van der Waals surface area contributed by atoms with Crippen LogP contribution < -0.4 is 0 Å². The molecule has 2 heteroatoms. The maximum atomic E-state index is 10.1. The normalized spacial score (nSPS) is 12.3. The van der Waals surface area contributed by atoms with Gasteiger partial charge in [0.05, 0.1) is 6.10 Å². The van der Waals surface area contributed by atoms with Crippen molar-refractivity contribution in [2.75, 3.05) is 5.75 Å². The smallest absolute Gasteiger partial charge is 0.0674 e. The Morgan fingerprint density at radius 2 is 1.75 bits per heavy atom. The molecule has 0 heterocycles. The van der Waals surface area contributed by atoms with E-state index in [1.54, 1.807) is 11.8 Å². The summed E-state index contributed by atoms with van der Waals surface area (Å²) in [5.41, 5.74) is 3.82. The second-order valence-electron chi connectivity index (χ2n) is 5.16. The minimum atomic E-state index is -0.298. The third kappa shape index (κ3) is 4.69. The SMILES string of the molecule is CCc1ccc(CC(O)CSc2cccc(C)c2)cc1. The number of hydrogen-bond donors (Lipinski definition) is 1. The summed E-state index contributed by atoms with van der Waals surface area (Å²) < 4.78 is 0. The lowest BCUT2D eigenvalue weighted by molar-refractivity contribution is 0.200. The van der Waals surface area contributed by atoms with Gasteiger partial charge in [-0.3, -0.25) is 0 Å². The van der Waals surface area contributed by atoms with E-state index in [0.717, 1.165) is 18.6 Å². The Balaban J connectivity index is 1.84. The number of hydrogen-bond acceptors (Lipinski definition) is 2. The highest BCUT2D eigenvalue weighted by Crippen LogP contribution is 2.20. The summed E-state index contributed by atoms with van der Waals surface area (Å²) in [6.07, 6.45) is 1.49. The minimum Gasteiger partial charge on any atom is -0.392 e. The topological polar surface area (TPSA) is 20.2 Å². The first kappa shape index (κ1) is 15.1. The van der Waals surface area contributed by atoms with Gasteiger partial charge in [-0.1, -0.05) is 48.9 Å². The summed E-state index contributed by atoms with van der Waals surface area (Å²) in [7, 11) is 0. The first-order valence-electron chi connectivity index (χ1n) is 7.12. The fourth-order valence-corrected chi connectivity index (χ4v) is 3.09. The molecule has 0 aliphatic heterocycles. The van der Waals surface area contributed by atoms with Crippen LogP contribution in [0.1, 0.15) is 23.6 Å². The van der Waals surface area contributed by atoms with Crippen molar-refractivity contribution in [1.29, 1.82) is 0 Å². The van der Waals surface area contributed by atoms with E-state index < -0.39 is 0 Å². The van der Waals surface area contributed by atoms with E-state index in [9.17, 15) is 5.11 Å². The van der Waals surface area contributed by atoms with Gasteiger partial charge in [0.2, 0.25) is 0 Å². The van der Waals surface area contributed by atoms with Crippen LogP contribution in [-0.4, -0.2) is 17.0 Å². The van der Waals surface area contributed by atoms with Crippen LogP contribution in [0.25, 0.3) is 0 Å². The summed E-state index contributed by atoms with van der Waals surface area (Å²) in [5, 5.41) is 10.1. The average molecular weight is 286 g/mol. The van der Waals surface area contributed by atoms with Crippen LogP contribution in [0.4, 0.5) is 0 Å². The molecule has 0 radical (unpaired) electrons. The molecule has 1 unspecified atom stereocenters. The Labute approximate surface area is 126 Å². The molecule has 0 spiro atoms. The van der Waals surface area contributed by atoms with E-state index in [1.807, 2.05) is 0 Å². The highest BCUT2D eigenvalue weighted by atomic mass is 32.2. The maximum absolute atomic E-state index is 10.1. The molecule has 1 atom stereocenters. The monoisotopic (exact) mass is 286 g/mol. The Morgan fingerprint density at radius 3 is 2.40 bits per heavy atom. The molecule has 1 N–H and O–H groups in total. The predicted molar refractivity (Wildman–Crippen MR) is 87.4 cm³/mol. The Bertz CT molecular complexity index is 533. The van der Waals surface area contributed by atoms with Crippen molar-refractivity contribution < 1.29 is 5.11 Å². The molecule has 0 aliphatic carbocycles. The van der Waals surface area contributed by atoms with Crippen LogP contribution >= 0.6 is 11.8 Å². The molecular weight excluding hydrogens is 264 g/mol. The van der Waals surface area contributed by atoms with Crippen LogP contribution in [0.5, 0.6) is 0 Å². The molecular formula is C18H22OS. The number of benzene rings is 2. The highest BCUT2D eigenvalue weighted by Gasteiger charge is 2.07. The average Bonchev–Trinajstić information content (AvgIpc) is 2.46. The van der Waals surface area contributed by atoms with E-state index in [0.29, 0.717) is 0 Å². The largest absolute Gasteiger partial charge is 0.392 e. The van der Waals surface area contributed by atoms with Crippen molar-refractivity contribution in [3.05, 3.63) is 65.2 Å². The summed E-state index contributed by atoms with van der Waals surface area (Å²) >= 11 is 1.72. The quantitative estimate of drug-likeness (QED) is 0.801. The second kappa shape index (κ2) is 7.51. The Hall–Kier alpha value is -1.25. The van der Waals surface area contributed by atoms with Gasteiger partial charge >= 0.3 is 0 Å². The first-order valence-corrected chi connectivity index (χ1v) is 8.11. The molecule has 2 aromatic rings. The second-order valence-corrected chi connectivity index (χ2v) is 6.25. The molecule has 20 heavy (non-hydrogen) atoms. The maximum Gasteiger partial charge on any atom is 0.0674 e. The fourth-order valence-electron chi connectivity index (χ4n) is 2.14. The van der Waals surface area contributed by atoms with E-state index in [-0.39, 0.29) is 6.10 Å². The van der Waals surface area contributed by atoms with E-state index in [4.69, 9.17) is 0 Å². The molecule has 106 valence electrons. The summed E-state index contributed by atoms with van der Waals surface area (Å²) in [6, 6.07) is 17.0. The fraction of sp³-hybridized carbons (Fsp3) is 0.333. The van der Waals surface area contributed by atoms with Crippen molar-refractivity contribution in [3.63, 3.8) is 0 Å². The third-order valence-corrected chi connectivity index (χ3v) is 4.47. The molecule has 0 saturated heterocycles. The summed E-state index contributed by atoms with van der Waals surface area (Å²) in [4.78, 5) is 1.23. The molecule has 0 saturated carbocycles.